The lowest BCUT2D eigenvalue weighted by Gasteiger charge is -2.28. The van der Waals surface area contributed by atoms with Crippen molar-refractivity contribution < 1.29 is 22.3 Å². The SMILES string of the molecule is CCC[SiH]1CCC(c2cccc(-c3ccc(OC(F)(F)F)cc3)c2F)CC1. The van der Waals surface area contributed by atoms with Gasteiger partial charge in [-0.25, -0.2) is 4.39 Å². The highest BCUT2D eigenvalue weighted by Crippen LogP contribution is 2.38. The van der Waals surface area contributed by atoms with E-state index in [-0.39, 0.29) is 17.5 Å². The number of hydrogen-bond donors (Lipinski definition) is 0. The summed E-state index contributed by atoms with van der Waals surface area (Å²) in [6.07, 6.45) is -1.38. The Morgan fingerprint density at radius 1 is 1.04 bits per heavy atom. The number of ether oxygens (including phenoxy) is 1. The summed E-state index contributed by atoms with van der Waals surface area (Å²) in [6, 6.07) is 14.7. The maximum atomic E-state index is 15.2. The molecule has 0 N–H and O–H groups in total. The Morgan fingerprint density at radius 3 is 2.30 bits per heavy atom. The molecule has 0 amide bonds. The van der Waals surface area contributed by atoms with Crippen LogP contribution < -0.4 is 4.74 Å². The predicted molar refractivity (Wildman–Crippen MR) is 102 cm³/mol. The number of hydrogen-bond acceptors (Lipinski definition) is 1. The highest BCUT2D eigenvalue weighted by atomic mass is 28.3. The molecule has 1 aliphatic rings. The van der Waals surface area contributed by atoms with Gasteiger partial charge >= 0.3 is 6.36 Å². The van der Waals surface area contributed by atoms with Crippen molar-refractivity contribution in [1.29, 1.82) is 0 Å². The largest absolute Gasteiger partial charge is 0.573 e. The third-order valence-electron chi connectivity index (χ3n) is 5.41. The first-order valence-electron chi connectivity index (χ1n) is 9.52. The molecule has 0 bridgehead atoms. The minimum atomic E-state index is -4.73. The van der Waals surface area contributed by atoms with Gasteiger partial charge in [-0.05, 0) is 42.0 Å². The third-order valence-corrected chi connectivity index (χ3v) is 9.10. The molecule has 3 rings (SSSR count). The van der Waals surface area contributed by atoms with Crippen LogP contribution in [0.15, 0.2) is 42.5 Å². The summed E-state index contributed by atoms with van der Waals surface area (Å²) in [5.41, 5.74) is 1.73. The fourth-order valence-electron chi connectivity index (χ4n) is 4.09. The van der Waals surface area contributed by atoms with E-state index in [0.29, 0.717) is 11.1 Å². The van der Waals surface area contributed by atoms with E-state index >= 15 is 4.39 Å². The fraction of sp³-hybridized carbons (Fsp3) is 0.429. The average molecular weight is 397 g/mol. The highest BCUT2D eigenvalue weighted by molar-refractivity contribution is 6.59. The van der Waals surface area contributed by atoms with E-state index in [1.165, 1.54) is 48.8 Å². The van der Waals surface area contributed by atoms with Crippen LogP contribution in [0.2, 0.25) is 18.1 Å². The van der Waals surface area contributed by atoms with E-state index in [9.17, 15) is 13.2 Å². The van der Waals surface area contributed by atoms with Crippen molar-refractivity contribution in [3.8, 4) is 16.9 Å². The van der Waals surface area contributed by atoms with Crippen LogP contribution in [0.1, 0.15) is 37.7 Å². The second kappa shape index (κ2) is 8.46. The van der Waals surface area contributed by atoms with E-state index < -0.39 is 15.2 Å². The van der Waals surface area contributed by atoms with E-state index in [2.05, 4.69) is 11.7 Å². The van der Waals surface area contributed by atoms with Gasteiger partial charge < -0.3 is 4.74 Å². The molecule has 2 aromatic rings. The number of alkyl halides is 3. The van der Waals surface area contributed by atoms with Gasteiger partial charge in [0, 0.05) is 14.4 Å². The standard InChI is InChI=1S/C21H24F4OSi/c1-2-12-27-13-10-16(11-14-27)19-5-3-4-18(20(19)22)15-6-8-17(9-7-15)26-21(23,24)25/h3-9,16,27H,2,10-14H2,1H3. The van der Waals surface area contributed by atoms with Crippen molar-refractivity contribution in [2.45, 2.75) is 56.6 Å². The Balaban J connectivity index is 1.77. The van der Waals surface area contributed by atoms with Crippen molar-refractivity contribution in [1.82, 2.24) is 0 Å². The van der Waals surface area contributed by atoms with Gasteiger partial charge in [0.25, 0.3) is 0 Å². The van der Waals surface area contributed by atoms with Crippen molar-refractivity contribution in [2.75, 3.05) is 0 Å². The second-order valence-corrected chi connectivity index (χ2v) is 10.8. The Labute approximate surface area is 159 Å². The topological polar surface area (TPSA) is 9.23 Å². The lowest BCUT2D eigenvalue weighted by molar-refractivity contribution is -0.274. The van der Waals surface area contributed by atoms with Gasteiger partial charge in [0.2, 0.25) is 0 Å². The molecule has 27 heavy (non-hydrogen) atoms. The lowest BCUT2D eigenvalue weighted by atomic mass is 9.90. The Morgan fingerprint density at radius 2 is 1.70 bits per heavy atom. The number of halogens is 4. The van der Waals surface area contributed by atoms with Crippen molar-refractivity contribution >= 4 is 8.80 Å². The summed E-state index contributed by atoms with van der Waals surface area (Å²) < 4.78 is 55.9. The van der Waals surface area contributed by atoms with Crippen LogP contribution >= 0.6 is 0 Å². The van der Waals surface area contributed by atoms with Crippen LogP contribution in [0.4, 0.5) is 17.6 Å². The first-order valence-corrected chi connectivity index (χ1v) is 12.0. The summed E-state index contributed by atoms with van der Waals surface area (Å²) in [7, 11) is -0.628. The monoisotopic (exact) mass is 396 g/mol. The molecular weight excluding hydrogens is 372 g/mol. The summed E-state index contributed by atoms with van der Waals surface area (Å²) in [5.74, 6) is -0.303. The maximum Gasteiger partial charge on any atom is 0.573 e. The van der Waals surface area contributed by atoms with Gasteiger partial charge in [-0.15, -0.1) is 13.2 Å². The number of rotatable bonds is 5. The summed E-state index contributed by atoms with van der Waals surface area (Å²) in [6.45, 7) is 2.23. The molecule has 0 atom stereocenters. The molecule has 0 spiro atoms. The molecule has 146 valence electrons. The maximum absolute atomic E-state index is 15.2. The average Bonchev–Trinajstić information content (AvgIpc) is 2.63. The van der Waals surface area contributed by atoms with Crippen molar-refractivity contribution in [3.05, 3.63) is 53.8 Å². The molecule has 2 aromatic carbocycles. The zero-order chi connectivity index (χ0) is 19.4. The molecule has 0 unspecified atom stereocenters. The molecule has 0 aromatic heterocycles. The Hall–Kier alpha value is -1.82. The Kier molecular flexibility index (Phi) is 6.24. The zero-order valence-corrected chi connectivity index (χ0v) is 16.5. The van der Waals surface area contributed by atoms with Crippen LogP contribution in [0, 0.1) is 5.82 Å². The van der Waals surface area contributed by atoms with Gasteiger partial charge in [0.05, 0.1) is 0 Å². The van der Waals surface area contributed by atoms with Gasteiger partial charge in [0.15, 0.2) is 0 Å². The minimum absolute atomic E-state index is 0.248. The molecule has 6 heteroatoms. The first-order chi connectivity index (χ1) is 12.9. The van der Waals surface area contributed by atoms with Crippen LogP contribution in [0.25, 0.3) is 11.1 Å². The highest BCUT2D eigenvalue weighted by Gasteiger charge is 2.31. The normalized spacial score (nSPS) is 20.5. The van der Waals surface area contributed by atoms with Crippen LogP contribution in [0.5, 0.6) is 5.75 Å². The van der Waals surface area contributed by atoms with Gasteiger partial charge in [-0.2, -0.15) is 0 Å². The minimum Gasteiger partial charge on any atom is -0.406 e. The van der Waals surface area contributed by atoms with E-state index in [1.54, 1.807) is 6.07 Å². The third kappa shape index (κ3) is 5.12. The van der Waals surface area contributed by atoms with Crippen LogP contribution in [-0.4, -0.2) is 15.2 Å². The quantitative estimate of drug-likeness (QED) is 0.394. The van der Waals surface area contributed by atoms with Gasteiger partial charge in [0.1, 0.15) is 11.6 Å². The molecule has 1 aliphatic heterocycles. The molecule has 0 aliphatic carbocycles. The molecule has 1 nitrogen and oxygen atoms in total. The van der Waals surface area contributed by atoms with Gasteiger partial charge in [-0.1, -0.05) is 61.8 Å². The molecular formula is C21H24F4OSi. The summed E-state index contributed by atoms with van der Waals surface area (Å²) >= 11 is 0. The van der Waals surface area contributed by atoms with Crippen LogP contribution in [-0.2, 0) is 0 Å². The van der Waals surface area contributed by atoms with Gasteiger partial charge in [-0.3, -0.25) is 0 Å². The smallest absolute Gasteiger partial charge is 0.406 e. The first kappa shape index (κ1) is 19.9. The van der Waals surface area contributed by atoms with Crippen molar-refractivity contribution in [2.24, 2.45) is 0 Å². The molecule has 1 saturated heterocycles. The van der Waals surface area contributed by atoms with Crippen molar-refractivity contribution in [3.63, 3.8) is 0 Å². The van der Waals surface area contributed by atoms with E-state index in [1.807, 2.05) is 12.1 Å². The summed E-state index contributed by atoms with van der Waals surface area (Å²) in [4.78, 5) is 0. The van der Waals surface area contributed by atoms with E-state index in [0.717, 1.165) is 18.4 Å². The second-order valence-electron chi connectivity index (χ2n) is 7.29. The molecule has 0 saturated carbocycles. The van der Waals surface area contributed by atoms with Crippen LogP contribution in [0.3, 0.4) is 0 Å². The number of benzene rings is 2. The Bertz CT molecular complexity index is 750. The molecule has 0 radical (unpaired) electrons. The lowest BCUT2D eigenvalue weighted by Crippen LogP contribution is -2.20. The van der Waals surface area contributed by atoms with E-state index in [4.69, 9.17) is 0 Å². The molecule has 1 heterocycles. The zero-order valence-electron chi connectivity index (χ0n) is 15.4. The fourth-order valence-corrected chi connectivity index (χ4v) is 7.52. The predicted octanol–water partition coefficient (Wildman–Crippen LogP) is 6.91. The summed E-state index contributed by atoms with van der Waals surface area (Å²) in [5, 5.41) is 0. The molecule has 1 fully saturated rings.